The second kappa shape index (κ2) is 5.00. The lowest BCUT2D eigenvalue weighted by molar-refractivity contribution is 0.220. The Labute approximate surface area is 93.5 Å². The van der Waals surface area contributed by atoms with Gasteiger partial charge in [-0.15, -0.1) is 9.24 Å². The topological polar surface area (TPSA) is 29.0 Å². The molecule has 1 fully saturated rings. The van der Waals surface area contributed by atoms with Gasteiger partial charge in [-0.3, -0.25) is 4.90 Å². The molecule has 1 aliphatic rings. The fourth-order valence-corrected chi connectivity index (χ4v) is 2.55. The molecule has 0 aromatic carbocycles. The number of likely N-dealkylation sites (tertiary alicyclic amines) is 1. The third kappa shape index (κ3) is 3.22. The van der Waals surface area contributed by atoms with Crippen LogP contribution < -0.4 is 0 Å². The zero-order valence-electron chi connectivity index (χ0n) is 9.19. The van der Waals surface area contributed by atoms with Crippen molar-refractivity contribution in [1.82, 2.24) is 14.9 Å². The number of aryl methyl sites for hydroxylation is 1. The summed E-state index contributed by atoms with van der Waals surface area (Å²) >= 11 is 0. The van der Waals surface area contributed by atoms with Gasteiger partial charge < -0.3 is 0 Å². The highest BCUT2D eigenvalue weighted by molar-refractivity contribution is 7.17. The summed E-state index contributed by atoms with van der Waals surface area (Å²) in [4.78, 5) is 11.2. The molecule has 0 spiro atoms. The van der Waals surface area contributed by atoms with Gasteiger partial charge in [-0.05, 0) is 38.0 Å². The lowest BCUT2D eigenvalue weighted by atomic mass is 10.1. The summed E-state index contributed by atoms with van der Waals surface area (Å²) < 4.78 is 0. The summed E-state index contributed by atoms with van der Waals surface area (Å²) in [5.41, 5.74) is 1.79. The molecule has 0 amide bonds. The van der Waals surface area contributed by atoms with Crippen molar-refractivity contribution in [2.24, 2.45) is 0 Å². The molecule has 0 aliphatic carbocycles. The molecule has 15 heavy (non-hydrogen) atoms. The molecule has 1 aliphatic heterocycles. The summed E-state index contributed by atoms with van der Waals surface area (Å²) in [6, 6.07) is 1.94. The average molecular weight is 223 g/mol. The Morgan fingerprint density at radius 1 is 1.60 bits per heavy atom. The van der Waals surface area contributed by atoms with Gasteiger partial charge in [0.25, 0.3) is 0 Å². The van der Waals surface area contributed by atoms with Crippen LogP contribution in [-0.4, -0.2) is 33.6 Å². The first-order valence-electron chi connectivity index (χ1n) is 5.50. The van der Waals surface area contributed by atoms with Crippen molar-refractivity contribution in [3.8, 4) is 0 Å². The van der Waals surface area contributed by atoms with Crippen molar-refractivity contribution >= 4 is 9.24 Å². The Hall–Kier alpha value is -0.530. The SMILES string of the molecule is Cc1ccnc(CN2CCCC(P)C2)n1. The normalized spacial score (nSPS) is 22.9. The van der Waals surface area contributed by atoms with Crippen LogP contribution in [0.1, 0.15) is 24.4 Å². The van der Waals surface area contributed by atoms with Gasteiger partial charge in [-0.25, -0.2) is 9.97 Å². The largest absolute Gasteiger partial charge is 0.295 e. The molecule has 2 heterocycles. The van der Waals surface area contributed by atoms with Crippen LogP contribution in [0.4, 0.5) is 0 Å². The molecule has 3 nitrogen and oxygen atoms in total. The van der Waals surface area contributed by atoms with Crippen LogP contribution in [0.2, 0.25) is 0 Å². The summed E-state index contributed by atoms with van der Waals surface area (Å²) in [5.74, 6) is 0.953. The van der Waals surface area contributed by atoms with Gasteiger partial charge in [0.05, 0.1) is 6.54 Å². The van der Waals surface area contributed by atoms with Crippen LogP contribution in [0.3, 0.4) is 0 Å². The van der Waals surface area contributed by atoms with E-state index < -0.39 is 0 Å². The zero-order chi connectivity index (χ0) is 10.7. The summed E-state index contributed by atoms with van der Waals surface area (Å²) in [7, 11) is 2.92. The lowest BCUT2D eigenvalue weighted by Gasteiger charge is -2.29. The molecule has 82 valence electrons. The van der Waals surface area contributed by atoms with Crippen molar-refractivity contribution in [2.45, 2.75) is 32.0 Å². The molecular formula is C11H18N3P. The number of hydrogen-bond donors (Lipinski definition) is 0. The molecule has 2 atom stereocenters. The predicted octanol–water partition coefficient (Wildman–Crippen LogP) is 1.62. The third-order valence-corrected chi connectivity index (χ3v) is 3.30. The van der Waals surface area contributed by atoms with Gasteiger partial charge in [-0.1, -0.05) is 0 Å². The van der Waals surface area contributed by atoms with E-state index in [0.717, 1.165) is 30.3 Å². The van der Waals surface area contributed by atoms with Crippen molar-refractivity contribution in [2.75, 3.05) is 13.1 Å². The second-order valence-corrected chi connectivity index (χ2v) is 5.19. The number of aromatic nitrogens is 2. The Bertz CT molecular complexity index is 329. The number of piperidine rings is 1. The highest BCUT2D eigenvalue weighted by atomic mass is 31.0. The van der Waals surface area contributed by atoms with Crippen molar-refractivity contribution in [3.63, 3.8) is 0 Å². The third-order valence-electron chi connectivity index (χ3n) is 2.75. The predicted molar refractivity (Wildman–Crippen MR) is 64.8 cm³/mol. The Balaban J connectivity index is 1.96. The van der Waals surface area contributed by atoms with Crippen molar-refractivity contribution < 1.29 is 0 Å². The van der Waals surface area contributed by atoms with Gasteiger partial charge in [0.2, 0.25) is 0 Å². The van der Waals surface area contributed by atoms with E-state index in [1.54, 1.807) is 0 Å². The highest BCUT2D eigenvalue weighted by Gasteiger charge is 2.17. The quantitative estimate of drug-likeness (QED) is 0.713. The molecule has 0 radical (unpaired) electrons. The van der Waals surface area contributed by atoms with E-state index in [2.05, 4.69) is 24.1 Å². The standard InChI is InChI=1S/C11H18N3P/c1-9-4-5-12-11(13-9)8-14-6-2-3-10(15)7-14/h4-5,10H,2-3,6-8,15H2,1H3. The van der Waals surface area contributed by atoms with Crippen LogP contribution in [0.25, 0.3) is 0 Å². The minimum absolute atomic E-state index is 0.739. The van der Waals surface area contributed by atoms with Crippen LogP contribution in [0.15, 0.2) is 12.3 Å². The molecule has 1 aromatic heterocycles. The van der Waals surface area contributed by atoms with Gasteiger partial charge in [-0.2, -0.15) is 0 Å². The first-order valence-corrected chi connectivity index (χ1v) is 6.17. The smallest absolute Gasteiger partial charge is 0.142 e. The number of nitrogens with zero attached hydrogens (tertiary/aromatic N) is 3. The molecule has 1 saturated heterocycles. The van der Waals surface area contributed by atoms with Gasteiger partial charge in [0.1, 0.15) is 5.82 Å². The van der Waals surface area contributed by atoms with Gasteiger partial charge in [0, 0.05) is 18.4 Å². The van der Waals surface area contributed by atoms with Gasteiger partial charge in [0.15, 0.2) is 0 Å². The highest BCUT2D eigenvalue weighted by Crippen LogP contribution is 2.17. The van der Waals surface area contributed by atoms with Crippen LogP contribution in [0.5, 0.6) is 0 Å². The zero-order valence-corrected chi connectivity index (χ0v) is 10.3. The Morgan fingerprint density at radius 2 is 2.47 bits per heavy atom. The second-order valence-electron chi connectivity index (χ2n) is 4.25. The summed E-state index contributed by atoms with van der Waals surface area (Å²) in [6.07, 6.45) is 4.47. The first-order chi connectivity index (χ1) is 7.24. The lowest BCUT2D eigenvalue weighted by Crippen LogP contribution is -2.35. The number of hydrogen-bond acceptors (Lipinski definition) is 3. The van der Waals surface area contributed by atoms with E-state index in [-0.39, 0.29) is 0 Å². The monoisotopic (exact) mass is 223 g/mol. The fourth-order valence-electron chi connectivity index (χ4n) is 2.01. The maximum absolute atomic E-state index is 4.43. The minimum Gasteiger partial charge on any atom is -0.295 e. The molecule has 0 bridgehead atoms. The summed E-state index contributed by atoms with van der Waals surface area (Å²) in [5, 5.41) is 0. The fraction of sp³-hybridized carbons (Fsp3) is 0.636. The Morgan fingerprint density at radius 3 is 3.20 bits per heavy atom. The maximum atomic E-state index is 4.43. The van der Waals surface area contributed by atoms with E-state index >= 15 is 0 Å². The van der Waals surface area contributed by atoms with Crippen molar-refractivity contribution in [3.05, 3.63) is 23.8 Å². The van der Waals surface area contributed by atoms with E-state index in [9.17, 15) is 0 Å². The molecule has 2 unspecified atom stereocenters. The van der Waals surface area contributed by atoms with E-state index in [1.165, 1.54) is 19.4 Å². The molecule has 1 aromatic rings. The maximum Gasteiger partial charge on any atom is 0.142 e. The molecule has 0 N–H and O–H groups in total. The minimum atomic E-state index is 0.739. The first kappa shape index (κ1) is 11.0. The van der Waals surface area contributed by atoms with Crippen LogP contribution in [0, 0.1) is 6.92 Å². The van der Waals surface area contributed by atoms with Crippen molar-refractivity contribution in [1.29, 1.82) is 0 Å². The number of rotatable bonds is 2. The van der Waals surface area contributed by atoms with E-state index in [4.69, 9.17) is 0 Å². The van der Waals surface area contributed by atoms with Crippen LogP contribution >= 0.6 is 9.24 Å². The Kier molecular flexibility index (Phi) is 3.66. The summed E-state index contributed by atoms with van der Waals surface area (Å²) in [6.45, 7) is 5.25. The molecule has 0 saturated carbocycles. The van der Waals surface area contributed by atoms with Crippen LogP contribution in [-0.2, 0) is 6.54 Å². The van der Waals surface area contributed by atoms with E-state index in [0.29, 0.717) is 0 Å². The molecular weight excluding hydrogens is 205 g/mol. The van der Waals surface area contributed by atoms with Gasteiger partial charge >= 0.3 is 0 Å². The molecule has 2 rings (SSSR count). The van der Waals surface area contributed by atoms with E-state index in [1.807, 2.05) is 19.2 Å². The average Bonchev–Trinajstić information content (AvgIpc) is 2.17. The molecule has 4 heteroatoms.